The van der Waals surface area contributed by atoms with Crippen molar-refractivity contribution >= 4 is 33.2 Å². The van der Waals surface area contributed by atoms with E-state index in [9.17, 15) is 13.2 Å². The Labute approximate surface area is 168 Å². The SMILES string of the molecule is Cc1ccc(N2C(=O)N(Cc3ccc(C#N)cc3)[C@@H]3CS(=O)(=O)C[C@H]32)cc1Cl. The summed E-state index contributed by atoms with van der Waals surface area (Å²) in [6.45, 7) is 2.16. The van der Waals surface area contributed by atoms with E-state index in [2.05, 4.69) is 6.07 Å². The van der Waals surface area contributed by atoms with Gasteiger partial charge in [0.05, 0.1) is 35.2 Å². The molecular formula is C20H18ClN3O3S. The molecule has 0 bridgehead atoms. The van der Waals surface area contributed by atoms with E-state index < -0.39 is 21.9 Å². The highest BCUT2D eigenvalue weighted by molar-refractivity contribution is 7.91. The number of hydrogen-bond donors (Lipinski definition) is 0. The van der Waals surface area contributed by atoms with Gasteiger partial charge in [-0.1, -0.05) is 29.8 Å². The van der Waals surface area contributed by atoms with Gasteiger partial charge in [0.2, 0.25) is 0 Å². The minimum absolute atomic E-state index is 0.0459. The van der Waals surface area contributed by atoms with E-state index in [4.69, 9.17) is 16.9 Å². The van der Waals surface area contributed by atoms with Crippen LogP contribution in [0.5, 0.6) is 0 Å². The van der Waals surface area contributed by atoms with Gasteiger partial charge in [-0.05, 0) is 42.3 Å². The number of fused-ring (bicyclic) bond motifs is 1. The molecule has 8 heteroatoms. The summed E-state index contributed by atoms with van der Waals surface area (Å²) in [6, 6.07) is 13.3. The van der Waals surface area contributed by atoms with Crippen molar-refractivity contribution in [2.45, 2.75) is 25.6 Å². The number of carbonyl (C=O) groups is 1. The number of anilines is 1. The first-order valence-corrected chi connectivity index (χ1v) is 11.0. The quantitative estimate of drug-likeness (QED) is 0.721. The normalized spacial score (nSPS) is 23.0. The van der Waals surface area contributed by atoms with Crippen LogP contribution in [0.15, 0.2) is 42.5 Å². The molecule has 0 aromatic heterocycles. The molecule has 144 valence electrons. The summed E-state index contributed by atoms with van der Waals surface area (Å²) >= 11 is 6.24. The van der Waals surface area contributed by atoms with Crippen LogP contribution in [0.1, 0.15) is 16.7 Å². The molecule has 2 heterocycles. The second-order valence-electron chi connectivity index (χ2n) is 7.23. The smallest absolute Gasteiger partial charge is 0.314 e. The Kier molecular flexibility index (Phi) is 4.56. The number of nitriles is 1. The van der Waals surface area contributed by atoms with Crippen LogP contribution < -0.4 is 4.90 Å². The lowest BCUT2D eigenvalue weighted by atomic mass is 10.1. The highest BCUT2D eigenvalue weighted by Crippen LogP contribution is 2.37. The minimum Gasteiger partial charge on any atom is -0.314 e. The number of hydrogen-bond acceptors (Lipinski definition) is 4. The van der Waals surface area contributed by atoms with Crippen LogP contribution >= 0.6 is 11.6 Å². The van der Waals surface area contributed by atoms with Crippen molar-refractivity contribution in [3.8, 4) is 6.07 Å². The Balaban J connectivity index is 1.69. The molecule has 28 heavy (non-hydrogen) atoms. The third-order valence-corrected chi connectivity index (χ3v) is 7.45. The summed E-state index contributed by atoms with van der Waals surface area (Å²) in [6.07, 6.45) is 0. The monoisotopic (exact) mass is 415 g/mol. The van der Waals surface area contributed by atoms with Gasteiger partial charge in [-0.2, -0.15) is 5.26 Å². The largest absolute Gasteiger partial charge is 0.325 e. The van der Waals surface area contributed by atoms with Crippen LogP contribution in [0.25, 0.3) is 0 Å². The van der Waals surface area contributed by atoms with Crippen molar-refractivity contribution in [3.05, 3.63) is 64.2 Å². The van der Waals surface area contributed by atoms with E-state index in [0.717, 1.165) is 11.1 Å². The zero-order chi connectivity index (χ0) is 20.1. The molecule has 2 amide bonds. The number of aryl methyl sites for hydroxylation is 1. The fraction of sp³-hybridized carbons (Fsp3) is 0.300. The maximum atomic E-state index is 13.2. The Hall–Kier alpha value is -2.56. The van der Waals surface area contributed by atoms with Crippen molar-refractivity contribution in [1.82, 2.24) is 4.90 Å². The molecule has 0 unspecified atom stereocenters. The fourth-order valence-electron chi connectivity index (χ4n) is 3.88. The molecule has 2 aromatic rings. The van der Waals surface area contributed by atoms with Gasteiger partial charge in [-0.15, -0.1) is 0 Å². The zero-order valence-corrected chi connectivity index (χ0v) is 16.7. The Bertz CT molecular complexity index is 1090. The van der Waals surface area contributed by atoms with Crippen molar-refractivity contribution in [1.29, 1.82) is 5.26 Å². The molecule has 0 radical (unpaired) electrons. The van der Waals surface area contributed by atoms with Crippen LogP contribution in [0.4, 0.5) is 10.5 Å². The molecule has 0 N–H and O–H groups in total. The average Bonchev–Trinajstić information content (AvgIpc) is 3.09. The topological polar surface area (TPSA) is 81.5 Å². The van der Waals surface area contributed by atoms with E-state index >= 15 is 0 Å². The van der Waals surface area contributed by atoms with Crippen LogP contribution in [-0.2, 0) is 16.4 Å². The van der Waals surface area contributed by atoms with Crippen molar-refractivity contribution in [3.63, 3.8) is 0 Å². The van der Waals surface area contributed by atoms with E-state index in [1.165, 1.54) is 0 Å². The molecule has 6 nitrogen and oxygen atoms in total. The van der Waals surface area contributed by atoms with Gasteiger partial charge < -0.3 is 4.90 Å². The number of halogens is 1. The summed E-state index contributed by atoms with van der Waals surface area (Å²) in [4.78, 5) is 16.4. The molecule has 4 rings (SSSR count). The molecule has 2 aromatic carbocycles. The zero-order valence-electron chi connectivity index (χ0n) is 15.2. The lowest BCUT2D eigenvalue weighted by molar-refractivity contribution is 0.206. The van der Waals surface area contributed by atoms with Gasteiger partial charge in [0, 0.05) is 17.3 Å². The van der Waals surface area contributed by atoms with Crippen LogP contribution in [0, 0.1) is 18.3 Å². The molecule has 2 aliphatic heterocycles. The van der Waals surface area contributed by atoms with Crippen molar-refractivity contribution < 1.29 is 13.2 Å². The lowest BCUT2D eigenvalue weighted by Crippen LogP contribution is -2.37. The van der Waals surface area contributed by atoms with Gasteiger partial charge in [-0.25, -0.2) is 13.2 Å². The Morgan fingerprint density at radius 1 is 1.14 bits per heavy atom. The van der Waals surface area contributed by atoms with Crippen LogP contribution in [0.3, 0.4) is 0 Å². The molecule has 0 aliphatic carbocycles. The molecule has 0 saturated carbocycles. The Morgan fingerprint density at radius 3 is 2.46 bits per heavy atom. The van der Waals surface area contributed by atoms with Gasteiger partial charge in [0.25, 0.3) is 0 Å². The standard InChI is InChI=1S/C20H18ClN3O3S/c1-13-2-7-16(8-17(13)21)24-19-12-28(26,27)11-18(19)23(20(24)25)10-15-5-3-14(9-22)4-6-15/h2-8,18-19H,10-12H2,1H3/t18-,19-/m1/s1. The van der Waals surface area contributed by atoms with Gasteiger partial charge in [-0.3, -0.25) is 4.90 Å². The van der Waals surface area contributed by atoms with E-state index in [1.807, 2.05) is 13.0 Å². The number of amides is 2. The average molecular weight is 416 g/mol. The number of carbonyl (C=O) groups excluding carboxylic acids is 1. The predicted octanol–water partition coefficient (Wildman–Crippen LogP) is 3.13. The first kappa shape index (κ1) is 18.8. The number of rotatable bonds is 3. The molecule has 2 aliphatic rings. The summed E-state index contributed by atoms with van der Waals surface area (Å²) in [5.41, 5.74) is 2.88. The summed E-state index contributed by atoms with van der Waals surface area (Å²) in [5, 5.41) is 9.47. The van der Waals surface area contributed by atoms with Crippen LogP contribution in [0.2, 0.25) is 5.02 Å². The van der Waals surface area contributed by atoms with Crippen LogP contribution in [-0.4, -0.2) is 42.9 Å². The Morgan fingerprint density at radius 2 is 1.82 bits per heavy atom. The third kappa shape index (κ3) is 3.23. The first-order chi connectivity index (χ1) is 13.3. The van der Waals surface area contributed by atoms with Gasteiger partial charge in [0.1, 0.15) is 0 Å². The van der Waals surface area contributed by atoms with E-state index in [1.54, 1.807) is 46.2 Å². The maximum Gasteiger partial charge on any atom is 0.325 e. The maximum absolute atomic E-state index is 13.2. The third-order valence-electron chi connectivity index (χ3n) is 5.35. The first-order valence-electron chi connectivity index (χ1n) is 8.84. The molecule has 2 atom stereocenters. The summed E-state index contributed by atoms with van der Waals surface area (Å²) in [5.74, 6) is -0.103. The predicted molar refractivity (Wildman–Crippen MR) is 107 cm³/mol. The second-order valence-corrected chi connectivity index (χ2v) is 9.80. The minimum atomic E-state index is -3.24. The number of sulfone groups is 1. The second kappa shape index (κ2) is 6.80. The molecule has 2 fully saturated rings. The molecular weight excluding hydrogens is 398 g/mol. The fourth-order valence-corrected chi connectivity index (χ4v) is 6.00. The van der Waals surface area contributed by atoms with E-state index in [0.29, 0.717) is 16.3 Å². The van der Waals surface area contributed by atoms with Gasteiger partial charge >= 0.3 is 6.03 Å². The summed E-state index contributed by atoms with van der Waals surface area (Å²) < 4.78 is 24.6. The lowest BCUT2D eigenvalue weighted by Gasteiger charge is -2.23. The number of nitrogens with zero attached hydrogens (tertiary/aromatic N) is 3. The van der Waals surface area contributed by atoms with Gasteiger partial charge in [0.15, 0.2) is 9.84 Å². The van der Waals surface area contributed by atoms with E-state index in [-0.39, 0.29) is 24.1 Å². The highest BCUT2D eigenvalue weighted by Gasteiger charge is 2.53. The van der Waals surface area contributed by atoms with Crippen molar-refractivity contribution in [2.75, 3.05) is 16.4 Å². The summed E-state index contributed by atoms with van der Waals surface area (Å²) in [7, 11) is -3.24. The number of benzene rings is 2. The highest BCUT2D eigenvalue weighted by atomic mass is 35.5. The van der Waals surface area contributed by atoms with Crippen molar-refractivity contribution in [2.24, 2.45) is 0 Å². The molecule has 0 spiro atoms. The number of urea groups is 1. The molecule has 2 saturated heterocycles.